The van der Waals surface area contributed by atoms with Crippen molar-refractivity contribution in [2.75, 3.05) is 12.3 Å². The lowest BCUT2D eigenvalue weighted by Crippen LogP contribution is -2.57. The lowest BCUT2D eigenvalue weighted by molar-refractivity contribution is -0.142. The summed E-state index contributed by atoms with van der Waals surface area (Å²) in [6.07, 6.45) is 4.46. The lowest BCUT2D eigenvalue weighted by atomic mass is 9.71. The molecule has 20 heavy (non-hydrogen) atoms. The molecule has 0 aromatic carbocycles. The smallest absolute Gasteiger partial charge is 0.236 e. The second-order valence-electron chi connectivity index (χ2n) is 5.94. The highest BCUT2D eigenvalue weighted by atomic mass is 32.2. The van der Waals surface area contributed by atoms with Crippen molar-refractivity contribution in [3.8, 4) is 0 Å². The van der Waals surface area contributed by atoms with E-state index in [1.807, 2.05) is 16.7 Å². The van der Waals surface area contributed by atoms with Crippen molar-refractivity contribution in [2.24, 2.45) is 16.3 Å². The van der Waals surface area contributed by atoms with Gasteiger partial charge in [0.25, 0.3) is 0 Å². The maximum Gasteiger partial charge on any atom is 0.236 e. The largest absolute Gasteiger partial charge is 0.409 e. The molecule has 1 saturated heterocycles. The SMILES string of the molecule is CC1SCCN(C(=O)C2(C(N)=NO)CCCCC2)C1C. The molecule has 0 radical (unpaired) electrons. The van der Waals surface area contributed by atoms with Crippen LogP contribution < -0.4 is 5.73 Å². The van der Waals surface area contributed by atoms with Crippen LogP contribution in [0.5, 0.6) is 0 Å². The zero-order valence-corrected chi connectivity index (χ0v) is 13.2. The van der Waals surface area contributed by atoms with Crippen LogP contribution in [0.2, 0.25) is 0 Å². The van der Waals surface area contributed by atoms with Crippen LogP contribution in [0.25, 0.3) is 0 Å². The summed E-state index contributed by atoms with van der Waals surface area (Å²) in [6.45, 7) is 5.01. The Hall–Kier alpha value is -0.910. The Morgan fingerprint density at radius 2 is 2.00 bits per heavy atom. The molecule has 5 nitrogen and oxygen atoms in total. The monoisotopic (exact) mass is 299 g/mol. The van der Waals surface area contributed by atoms with E-state index >= 15 is 0 Å². The molecule has 0 aromatic heterocycles. The zero-order valence-electron chi connectivity index (χ0n) is 12.3. The topological polar surface area (TPSA) is 78.9 Å². The van der Waals surface area contributed by atoms with Crippen LogP contribution in [0.1, 0.15) is 46.0 Å². The lowest BCUT2D eigenvalue weighted by Gasteiger charge is -2.44. The molecule has 1 heterocycles. The molecule has 2 rings (SSSR count). The average Bonchev–Trinajstić information content (AvgIpc) is 2.49. The van der Waals surface area contributed by atoms with Crippen molar-refractivity contribution in [3.05, 3.63) is 0 Å². The van der Waals surface area contributed by atoms with Gasteiger partial charge in [0, 0.05) is 23.6 Å². The van der Waals surface area contributed by atoms with Crippen LogP contribution in [0, 0.1) is 5.41 Å². The average molecular weight is 299 g/mol. The minimum atomic E-state index is -0.775. The number of thioether (sulfide) groups is 1. The fourth-order valence-electron chi connectivity index (χ4n) is 3.33. The summed E-state index contributed by atoms with van der Waals surface area (Å²) in [4.78, 5) is 15.0. The number of nitrogens with two attached hydrogens (primary N) is 1. The first-order chi connectivity index (χ1) is 9.53. The Balaban J connectivity index is 2.26. The van der Waals surface area contributed by atoms with Crippen LogP contribution in [0.3, 0.4) is 0 Å². The molecule has 1 amide bonds. The Bertz CT molecular complexity index is 394. The maximum absolute atomic E-state index is 13.1. The zero-order chi connectivity index (χ0) is 14.8. The van der Waals surface area contributed by atoms with Crippen LogP contribution in [0.15, 0.2) is 5.16 Å². The van der Waals surface area contributed by atoms with Gasteiger partial charge >= 0.3 is 0 Å². The van der Waals surface area contributed by atoms with Crippen molar-refractivity contribution >= 4 is 23.5 Å². The van der Waals surface area contributed by atoms with Gasteiger partial charge in [-0.1, -0.05) is 31.3 Å². The number of hydrogen-bond donors (Lipinski definition) is 2. The molecule has 0 spiro atoms. The number of carbonyl (C=O) groups is 1. The quantitative estimate of drug-likeness (QED) is 0.354. The molecule has 3 N–H and O–H groups in total. The minimum Gasteiger partial charge on any atom is -0.409 e. The van der Waals surface area contributed by atoms with Gasteiger partial charge in [0.05, 0.1) is 0 Å². The van der Waals surface area contributed by atoms with Gasteiger partial charge < -0.3 is 15.8 Å². The summed E-state index contributed by atoms with van der Waals surface area (Å²) < 4.78 is 0. The third-order valence-electron chi connectivity index (χ3n) is 4.86. The first kappa shape index (κ1) is 15.5. The predicted molar refractivity (Wildman–Crippen MR) is 82.0 cm³/mol. The van der Waals surface area contributed by atoms with Gasteiger partial charge in [-0.25, -0.2) is 0 Å². The van der Waals surface area contributed by atoms with E-state index in [4.69, 9.17) is 10.9 Å². The molecule has 1 saturated carbocycles. The summed E-state index contributed by atoms with van der Waals surface area (Å²) in [5.74, 6) is 1.12. The number of amidine groups is 1. The summed E-state index contributed by atoms with van der Waals surface area (Å²) >= 11 is 1.90. The van der Waals surface area contributed by atoms with Crippen LogP contribution in [0.4, 0.5) is 0 Å². The molecular formula is C14H25N3O2S. The summed E-state index contributed by atoms with van der Waals surface area (Å²) in [5, 5.41) is 12.7. The molecule has 2 atom stereocenters. The van der Waals surface area contributed by atoms with Gasteiger partial charge in [-0.2, -0.15) is 11.8 Å². The molecule has 0 aromatic rings. The molecule has 1 aliphatic heterocycles. The Kier molecular flexibility index (Phi) is 4.83. The van der Waals surface area contributed by atoms with Crippen LogP contribution in [-0.2, 0) is 4.79 Å². The standard InChI is InChI=1S/C14H25N3O2S/c1-10-11(2)20-9-8-17(10)13(18)14(12(15)16-19)6-4-3-5-7-14/h10-11,19H,3-9H2,1-2H3,(H2,15,16). The van der Waals surface area contributed by atoms with Crippen molar-refractivity contribution < 1.29 is 10.0 Å². The van der Waals surface area contributed by atoms with E-state index < -0.39 is 5.41 Å². The van der Waals surface area contributed by atoms with E-state index in [2.05, 4.69) is 19.0 Å². The van der Waals surface area contributed by atoms with E-state index in [0.29, 0.717) is 18.1 Å². The van der Waals surface area contributed by atoms with Gasteiger partial charge in [0.2, 0.25) is 5.91 Å². The first-order valence-electron chi connectivity index (χ1n) is 7.43. The Morgan fingerprint density at radius 1 is 1.35 bits per heavy atom. The van der Waals surface area contributed by atoms with E-state index in [1.54, 1.807) is 0 Å². The van der Waals surface area contributed by atoms with Gasteiger partial charge in [-0.05, 0) is 19.8 Å². The van der Waals surface area contributed by atoms with Crippen molar-refractivity contribution in [3.63, 3.8) is 0 Å². The number of nitrogens with zero attached hydrogens (tertiary/aromatic N) is 2. The maximum atomic E-state index is 13.1. The third kappa shape index (κ3) is 2.62. The van der Waals surface area contributed by atoms with E-state index in [9.17, 15) is 4.79 Å². The van der Waals surface area contributed by atoms with Gasteiger partial charge in [-0.3, -0.25) is 4.79 Å². The van der Waals surface area contributed by atoms with Crippen LogP contribution >= 0.6 is 11.8 Å². The van der Waals surface area contributed by atoms with Gasteiger partial charge in [0.1, 0.15) is 5.41 Å². The second-order valence-corrected chi connectivity index (χ2v) is 7.43. The second kappa shape index (κ2) is 6.24. The number of oxime groups is 1. The number of rotatable bonds is 2. The van der Waals surface area contributed by atoms with Gasteiger partial charge in [-0.15, -0.1) is 0 Å². The Morgan fingerprint density at radius 3 is 2.60 bits per heavy atom. The fourth-order valence-corrected chi connectivity index (χ4v) is 4.42. The highest BCUT2D eigenvalue weighted by Gasteiger charge is 2.47. The number of hydrogen-bond acceptors (Lipinski definition) is 4. The highest BCUT2D eigenvalue weighted by molar-refractivity contribution is 8.00. The van der Waals surface area contributed by atoms with Crippen molar-refractivity contribution in [1.82, 2.24) is 4.90 Å². The first-order valence-corrected chi connectivity index (χ1v) is 8.48. The fraction of sp³-hybridized carbons (Fsp3) is 0.857. The molecular weight excluding hydrogens is 274 g/mol. The number of amides is 1. The van der Waals surface area contributed by atoms with Crippen molar-refractivity contribution in [2.45, 2.75) is 57.2 Å². The summed E-state index contributed by atoms with van der Waals surface area (Å²) in [5.41, 5.74) is 5.14. The Labute approximate surface area is 124 Å². The highest BCUT2D eigenvalue weighted by Crippen LogP contribution is 2.40. The molecule has 114 valence electrons. The molecule has 6 heteroatoms. The molecule has 2 unspecified atom stereocenters. The summed E-state index contributed by atoms with van der Waals surface area (Å²) in [6, 6.07) is 0.201. The summed E-state index contributed by atoms with van der Waals surface area (Å²) in [7, 11) is 0. The minimum absolute atomic E-state index is 0.0622. The van der Waals surface area contributed by atoms with Gasteiger partial charge in [0.15, 0.2) is 5.84 Å². The van der Waals surface area contributed by atoms with E-state index in [0.717, 1.165) is 31.6 Å². The molecule has 0 bridgehead atoms. The van der Waals surface area contributed by atoms with Crippen LogP contribution in [-0.4, -0.2) is 45.4 Å². The molecule has 1 aliphatic carbocycles. The predicted octanol–water partition coefficient (Wildman–Crippen LogP) is 2.04. The van der Waals surface area contributed by atoms with E-state index in [-0.39, 0.29) is 17.8 Å². The molecule has 2 aliphatic rings. The van der Waals surface area contributed by atoms with E-state index in [1.165, 1.54) is 0 Å². The number of carbonyl (C=O) groups excluding carboxylic acids is 1. The molecule has 2 fully saturated rings. The normalized spacial score (nSPS) is 31.1. The van der Waals surface area contributed by atoms with Crippen molar-refractivity contribution in [1.29, 1.82) is 0 Å². The third-order valence-corrected chi connectivity index (χ3v) is 6.20.